The number of halogens is 2. The van der Waals surface area contributed by atoms with E-state index in [0.29, 0.717) is 45.5 Å². The molecule has 0 spiro atoms. The van der Waals surface area contributed by atoms with E-state index in [1.807, 2.05) is 42.5 Å². The molecule has 0 bridgehead atoms. The minimum absolute atomic E-state index is 0. The molecular formula is C26H27ClFN3O2S. The van der Waals surface area contributed by atoms with Crippen molar-refractivity contribution in [3.8, 4) is 11.5 Å². The molecule has 3 aromatic carbocycles. The van der Waals surface area contributed by atoms with Crippen LogP contribution in [0.3, 0.4) is 0 Å². The summed E-state index contributed by atoms with van der Waals surface area (Å²) in [5, 5.41) is 0.558. The first kappa shape index (κ1) is 25.6. The Kier molecular flexibility index (Phi) is 8.98. The number of aromatic nitrogens is 1. The van der Waals surface area contributed by atoms with Crippen molar-refractivity contribution in [2.75, 3.05) is 31.1 Å². The van der Waals surface area contributed by atoms with Crippen LogP contribution in [-0.2, 0) is 0 Å². The SMILES string of the molecule is CCN(CC)CCN(C(=O)c1cccc(Oc2ccccc2)c1)c1nc2ccc(F)cc2s1.Cl. The second kappa shape index (κ2) is 11.9. The average molecular weight is 500 g/mol. The van der Waals surface area contributed by atoms with Crippen molar-refractivity contribution in [2.24, 2.45) is 0 Å². The second-order valence-electron chi connectivity index (χ2n) is 7.54. The Bertz CT molecular complexity index is 1230. The van der Waals surface area contributed by atoms with Crippen LogP contribution in [0.15, 0.2) is 72.8 Å². The Morgan fingerprint density at radius 1 is 0.941 bits per heavy atom. The molecule has 0 saturated carbocycles. The molecule has 0 aliphatic carbocycles. The number of para-hydroxylation sites is 1. The van der Waals surface area contributed by atoms with Gasteiger partial charge in [-0.15, -0.1) is 12.4 Å². The van der Waals surface area contributed by atoms with Crippen LogP contribution in [0.4, 0.5) is 9.52 Å². The molecule has 1 amide bonds. The smallest absolute Gasteiger partial charge is 0.260 e. The van der Waals surface area contributed by atoms with Crippen LogP contribution in [0.2, 0.25) is 0 Å². The predicted octanol–water partition coefficient (Wildman–Crippen LogP) is 6.64. The van der Waals surface area contributed by atoms with E-state index in [9.17, 15) is 9.18 Å². The molecule has 0 atom stereocenters. The molecule has 0 fully saturated rings. The number of nitrogens with zero attached hydrogens (tertiary/aromatic N) is 3. The summed E-state index contributed by atoms with van der Waals surface area (Å²) >= 11 is 1.32. The van der Waals surface area contributed by atoms with Gasteiger partial charge in [0.2, 0.25) is 0 Å². The van der Waals surface area contributed by atoms with E-state index in [2.05, 4.69) is 23.7 Å². The van der Waals surface area contributed by atoms with Crippen molar-refractivity contribution in [3.63, 3.8) is 0 Å². The second-order valence-corrected chi connectivity index (χ2v) is 8.54. The van der Waals surface area contributed by atoms with E-state index in [-0.39, 0.29) is 24.1 Å². The van der Waals surface area contributed by atoms with Crippen molar-refractivity contribution in [1.29, 1.82) is 0 Å². The highest BCUT2D eigenvalue weighted by molar-refractivity contribution is 7.22. The quantitative estimate of drug-likeness (QED) is 0.259. The number of carbonyl (C=O) groups excluding carboxylic acids is 1. The number of hydrogen-bond donors (Lipinski definition) is 0. The summed E-state index contributed by atoms with van der Waals surface area (Å²) in [6.07, 6.45) is 0. The van der Waals surface area contributed by atoms with Crippen LogP contribution in [-0.4, -0.2) is 42.0 Å². The number of rotatable bonds is 9. The highest BCUT2D eigenvalue weighted by Crippen LogP contribution is 2.31. The van der Waals surface area contributed by atoms with Gasteiger partial charge < -0.3 is 9.64 Å². The van der Waals surface area contributed by atoms with Gasteiger partial charge in [0.15, 0.2) is 5.13 Å². The average Bonchev–Trinajstić information content (AvgIpc) is 3.25. The number of benzene rings is 3. The van der Waals surface area contributed by atoms with Crippen LogP contribution in [0, 0.1) is 5.82 Å². The van der Waals surface area contributed by atoms with Crippen molar-refractivity contribution in [3.05, 3.63) is 84.2 Å². The van der Waals surface area contributed by atoms with Crippen LogP contribution in [0.25, 0.3) is 10.2 Å². The Hall–Kier alpha value is -3.00. The standard InChI is InChI=1S/C26H26FN3O2S.ClH/c1-3-29(4-2)15-16-30(26-28-23-14-13-20(27)18-24(23)33-26)25(31)19-9-8-12-22(17-19)32-21-10-6-5-7-11-21;/h5-14,17-18H,3-4,15-16H2,1-2H3;1H. The molecule has 5 nitrogen and oxygen atoms in total. The number of amides is 1. The molecule has 178 valence electrons. The molecule has 0 saturated heterocycles. The van der Waals surface area contributed by atoms with Gasteiger partial charge in [-0.05, 0) is 61.6 Å². The normalized spacial score (nSPS) is 10.8. The van der Waals surface area contributed by atoms with Gasteiger partial charge in [0.1, 0.15) is 17.3 Å². The maximum atomic E-state index is 13.7. The lowest BCUT2D eigenvalue weighted by Gasteiger charge is -2.25. The summed E-state index contributed by atoms with van der Waals surface area (Å²) in [4.78, 5) is 22.2. The van der Waals surface area contributed by atoms with E-state index in [1.54, 1.807) is 23.1 Å². The van der Waals surface area contributed by atoms with E-state index in [4.69, 9.17) is 4.74 Å². The Morgan fingerprint density at radius 3 is 2.41 bits per heavy atom. The predicted molar refractivity (Wildman–Crippen MR) is 139 cm³/mol. The number of hydrogen-bond acceptors (Lipinski definition) is 5. The lowest BCUT2D eigenvalue weighted by Crippen LogP contribution is -2.38. The molecule has 4 aromatic rings. The fraction of sp³-hybridized carbons (Fsp3) is 0.231. The number of anilines is 1. The fourth-order valence-corrected chi connectivity index (χ4v) is 4.55. The molecule has 1 heterocycles. The van der Waals surface area contributed by atoms with E-state index >= 15 is 0 Å². The highest BCUT2D eigenvalue weighted by Gasteiger charge is 2.22. The van der Waals surface area contributed by atoms with Crippen molar-refractivity contribution in [1.82, 2.24) is 9.88 Å². The number of ether oxygens (including phenoxy) is 1. The molecule has 1 aromatic heterocycles. The number of thiazole rings is 1. The molecule has 0 N–H and O–H groups in total. The van der Waals surface area contributed by atoms with Crippen molar-refractivity contribution < 1.29 is 13.9 Å². The molecule has 0 aliphatic heterocycles. The third-order valence-electron chi connectivity index (χ3n) is 5.41. The number of fused-ring (bicyclic) bond motifs is 1. The van der Waals surface area contributed by atoms with E-state index in [1.165, 1.54) is 23.5 Å². The van der Waals surface area contributed by atoms with Gasteiger partial charge in [0.05, 0.1) is 10.2 Å². The maximum absolute atomic E-state index is 13.7. The molecular weight excluding hydrogens is 473 g/mol. The van der Waals surface area contributed by atoms with Gasteiger partial charge in [-0.1, -0.05) is 49.4 Å². The number of likely N-dealkylation sites (N-methyl/N-ethyl adjacent to an activating group) is 1. The summed E-state index contributed by atoms with van der Waals surface area (Å²) in [6.45, 7) is 7.17. The lowest BCUT2D eigenvalue weighted by molar-refractivity contribution is 0.0983. The van der Waals surface area contributed by atoms with Crippen molar-refractivity contribution in [2.45, 2.75) is 13.8 Å². The fourth-order valence-electron chi connectivity index (χ4n) is 3.54. The van der Waals surface area contributed by atoms with Gasteiger partial charge in [-0.3, -0.25) is 9.69 Å². The first-order valence-corrected chi connectivity index (χ1v) is 11.8. The van der Waals surface area contributed by atoms with Crippen LogP contribution >= 0.6 is 23.7 Å². The largest absolute Gasteiger partial charge is 0.457 e. The van der Waals surface area contributed by atoms with Gasteiger partial charge in [-0.2, -0.15) is 0 Å². The topological polar surface area (TPSA) is 45.7 Å². The summed E-state index contributed by atoms with van der Waals surface area (Å²) in [7, 11) is 0. The third-order valence-corrected chi connectivity index (χ3v) is 6.45. The van der Waals surface area contributed by atoms with Gasteiger partial charge >= 0.3 is 0 Å². The zero-order valence-electron chi connectivity index (χ0n) is 19.1. The first-order valence-electron chi connectivity index (χ1n) is 11.0. The summed E-state index contributed by atoms with van der Waals surface area (Å²) in [5.74, 6) is 0.806. The lowest BCUT2D eigenvalue weighted by atomic mass is 10.2. The zero-order chi connectivity index (χ0) is 23.2. The highest BCUT2D eigenvalue weighted by atomic mass is 35.5. The molecule has 0 aliphatic rings. The molecule has 0 radical (unpaired) electrons. The van der Waals surface area contributed by atoms with E-state index in [0.717, 1.165) is 13.1 Å². The van der Waals surface area contributed by atoms with Crippen molar-refractivity contribution >= 4 is 45.0 Å². The molecule has 0 unspecified atom stereocenters. The monoisotopic (exact) mass is 499 g/mol. The van der Waals surface area contributed by atoms with E-state index < -0.39 is 0 Å². The Labute approximate surface area is 209 Å². The molecule has 8 heteroatoms. The van der Waals surface area contributed by atoms with Gasteiger partial charge in [0.25, 0.3) is 5.91 Å². The maximum Gasteiger partial charge on any atom is 0.260 e. The van der Waals surface area contributed by atoms with Gasteiger partial charge in [0, 0.05) is 18.7 Å². The number of carbonyl (C=O) groups is 1. The summed E-state index contributed by atoms with van der Waals surface area (Å²) in [6, 6.07) is 21.1. The molecule has 34 heavy (non-hydrogen) atoms. The van der Waals surface area contributed by atoms with Crippen LogP contribution < -0.4 is 9.64 Å². The van der Waals surface area contributed by atoms with Crippen LogP contribution in [0.1, 0.15) is 24.2 Å². The molecule has 4 rings (SSSR count). The first-order chi connectivity index (χ1) is 16.1. The van der Waals surface area contributed by atoms with Crippen LogP contribution in [0.5, 0.6) is 11.5 Å². The Morgan fingerprint density at radius 2 is 1.68 bits per heavy atom. The third kappa shape index (κ3) is 6.11. The van der Waals surface area contributed by atoms with Gasteiger partial charge in [-0.25, -0.2) is 9.37 Å². The minimum Gasteiger partial charge on any atom is -0.457 e. The zero-order valence-corrected chi connectivity index (χ0v) is 20.7. The summed E-state index contributed by atoms with van der Waals surface area (Å²) in [5.41, 5.74) is 1.19. The Balaban J connectivity index is 0.00000324. The minimum atomic E-state index is -0.315. The summed E-state index contributed by atoms with van der Waals surface area (Å²) < 4.78 is 20.3.